The summed E-state index contributed by atoms with van der Waals surface area (Å²) < 4.78 is 5.78. The summed E-state index contributed by atoms with van der Waals surface area (Å²) >= 11 is 13.8. The van der Waals surface area contributed by atoms with Gasteiger partial charge in [0.2, 0.25) is 0 Å². The summed E-state index contributed by atoms with van der Waals surface area (Å²) in [5.41, 5.74) is 1.03. The summed E-state index contributed by atoms with van der Waals surface area (Å²) in [7, 11) is 0. The van der Waals surface area contributed by atoms with E-state index in [4.69, 9.17) is 27.6 Å². The number of hydrogen-bond acceptors (Lipinski definition) is 4. The van der Waals surface area contributed by atoms with Crippen LogP contribution in [0.4, 0.5) is 0 Å². The van der Waals surface area contributed by atoms with Crippen LogP contribution in [0.1, 0.15) is 37.4 Å². The van der Waals surface area contributed by atoms with Crippen LogP contribution < -0.4 is 5.32 Å². The van der Waals surface area contributed by atoms with Crippen LogP contribution in [0, 0.1) is 0 Å². The Labute approximate surface area is 148 Å². The third-order valence-electron chi connectivity index (χ3n) is 3.59. The number of aromatic nitrogens is 2. The van der Waals surface area contributed by atoms with Gasteiger partial charge >= 0.3 is 0 Å². The molecular formula is C16H16Cl2N3OS+. The summed E-state index contributed by atoms with van der Waals surface area (Å²) in [6, 6.07) is 9.65. The molecule has 1 aromatic carbocycles. The third kappa shape index (κ3) is 3.75. The SMILES string of the molecule is C[C@H]([NH2+][C@@H](C)c1ccc(Cl)cc1Cl)c1nnc(-c2cccs2)o1. The van der Waals surface area contributed by atoms with E-state index in [1.807, 2.05) is 36.6 Å². The normalized spacial score (nSPS) is 13.9. The summed E-state index contributed by atoms with van der Waals surface area (Å²) in [4.78, 5) is 0.977. The molecule has 3 aromatic rings. The number of rotatable bonds is 5. The molecule has 2 heterocycles. The lowest BCUT2D eigenvalue weighted by molar-refractivity contribution is -0.730. The Kier molecular flexibility index (Phi) is 5.02. The largest absolute Gasteiger partial charge is 0.414 e. The van der Waals surface area contributed by atoms with Crippen LogP contribution in [-0.4, -0.2) is 10.2 Å². The zero-order chi connectivity index (χ0) is 16.4. The molecule has 7 heteroatoms. The van der Waals surface area contributed by atoms with Crippen molar-refractivity contribution in [3.8, 4) is 10.8 Å². The van der Waals surface area contributed by atoms with E-state index in [-0.39, 0.29) is 12.1 Å². The molecule has 120 valence electrons. The Balaban J connectivity index is 1.72. The molecule has 0 bridgehead atoms. The number of nitrogens with two attached hydrogens (primary N) is 1. The van der Waals surface area contributed by atoms with Crippen molar-refractivity contribution >= 4 is 34.5 Å². The molecule has 0 aliphatic rings. The van der Waals surface area contributed by atoms with Gasteiger partial charge in [0.05, 0.1) is 9.90 Å². The maximum atomic E-state index is 6.27. The van der Waals surface area contributed by atoms with E-state index in [9.17, 15) is 0 Å². The fraction of sp³-hybridized carbons (Fsp3) is 0.250. The number of nitrogens with zero attached hydrogens (tertiary/aromatic N) is 2. The molecule has 0 aliphatic heterocycles. The highest BCUT2D eigenvalue weighted by Gasteiger charge is 2.22. The monoisotopic (exact) mass is 368 g/mol. The van der Waals surface area contributed by atoms with Crippen molar-refractivity contribution in [1.29, 1.82) is 0 Å². The van der Waals surface area contributed by atoms with Crippen LogP contribution in [0.2, 0.25) is 10.0 Å². The second-order valence-electron chi connectivity index (χ2n) is 5.36. The zero-order valence-corrected chi connectivity index (χ0v) is 15.0. The van der Waals surface area contributed by atoms with Crippen molar-refractivity contribution in [3.05, 3.63) is 57.2 Å². The minimum absolute atomic E-state index is 0.0259. The molecule has 0 amide bonds. The molecule has 2 atom stereocenters. The van der Waals surface area contributed by atoms with Gasteiger partial charge < -0.3 is 9.73 Å². The summed E-state index contributed by atoms with van der Waals surface area (Å²) in [5.74, 6) is 1.16. The van der Waals surface area contributed by atoms with Crippen LogP contribution in [0.25, 0.3) is 10.8 Å². The predicted molar refractivity (Wildman–Crippen MR) is 92.8 cm³/mol. The lowest BCUT2D eigenvalue weighted by atomic mass is 10.1. The van der Waals surface area contributed by atoms with Crippen LogP contribution in [0.5, 0.6) is 0 Å². The Morgan fingerprint density at radius 2 is 1.96 bits per heavy atom. The highest BCUT2D eigenvalue weighted by molar-refractivity contribution is 7.13. The van der Waals surface area contributed by atoms with Gasteiger partial charge in [-0.3, -0.25) is 0 Å². The number of quaternary nitrogens is 1. The first-order chi connectivity index (χ1) is 11.0. The molecule has 23 heavy (non-hydrogen) atoms. The zero-order valence-electron chi connectivity index (χ0n) is 12.7. The molecule has 2 N–H and O–H groups in total. The highest BCUT2D eigenvalue weighted by Crippen LogP contribution is 2.26. The van der Waals surface area contributed by atoms with Crippen LogP contribution in [0.3, 0.4) is 0 Å². The maximum Gasteiger partial charge on any atom is 0.274 e. The predicted octanol–water partition coefficient (Wildman–Crippen LogP) is 4.49. The fourth-order valence-corrected chi connectivity index (χ4v) is 3.63. The number of hydrogen-bond donors (Lipinski definition) is 1. The molecule has 0 fully saturated rings. The van der Waals surface area contributed by atoms with Crippen molar-refractivity contribution in [2.75, 3.05) is 0 Å². The summed E-state index contributed by atoms with van der Waals surface area (Å²) in [6.07, 6.45) is 0. The fourth-order valence-electron chi connectivity index (χ4n) is 2.41. The van der Waals surface area contributed by atoms with Gasteiger partial charge in [-0.1, -0.05) is 35.3 Å². The van der Waals surface area contributed by atoms with Gasteiger partial charge in [0.1, 0.15) is 6.04 Å². The van der Waals surface area contributed by atoms with Crippen molar-refractivity contribution in [1.82, 2.24) is 10.2 Å². The standard InChI is InChI=1S/C16H15Cl2N3OS/c1-9(12-6-5-11(17)8-13(12)18)19-10(2)15-20-21-16(22-15)14-4-3-7-23-14/h3-10,19H,1-2H3/p+1/t9-,10-/m0/s1. The van der Waals surface area contributed by atoms with Gasteiger partial charge in [-0.05, 0) is 37.4 Å². The minimum atomic E-state index is 0.0259. The van der Waals surface area contributed by atoms with Gasteiger partial charge in [-0.2, -0.15) is 0 Å². The van der Waals surface area contributed by atoms with Crippen LogP contribution in [0.15, 0.2) is 40.1 Å². The number of halogens is 2. The van der Waals surface area contributed by atoms with E-state index < -0.39 is 0 Å². The average Bonchev–Trinajstić information content (AvgIpc) is 3.18. The molecule has 0 radical (unpaired) electrons. The topological polar surface area (TPSA) is 55.5 Å². The molecule has 0 aliphatic carbocycles. The van der Waals surface area contributed by atoms with Crippen molar-refractivity contribution in [3.63, 3.8) is 0 Å². The quantitative estimate of drug-likeness (QED) is 0.721. The average molecular weight is 369 g/mol. The van der Waals surface area contributed by atoms with Crippen molar-refractivity contribution in [2.24, 2.45) is 0 Å². The van der Waals surface area contributed by atoms with Crippen LogP contribution in [-0.2, 0) is 0 Å². The van der Waals surface area contributed by atoms with Crippen molar-refractivity contribution in [2.45, 2.75) is 25.9 Å². The van der Waals surface area contributed by atoms with Gasteiger partial charge in [-0.25, -0.2) is 0 Å². The van der Waals surface area contributed by atoms with E-state index in [1.165, 1.54) is 0 Å². The van der Waals surface area contributed by atoms with Crippen LogP contribution >= 0.6 is 34.5 Å². The minimum Gasteiger partial charge on any atom is -0.414 e. The second-order valence-corrected chi connectivity index (χ2v) is 7.15. The van der Waals surface area contributed by atoms with E-state index in [2.05, 4.69) is 22.4 Å². The van der Waals surface area contributed by atoms with Crippen molar-refractivity contribution < 1.29 is 9.73 Å². The first-order valence-electron chi connectivity index (χ1n) is 7.22. The first kappa shape index (κ1) is 16.5. The smallest absolute Gasteiger partial charge is 0.274 e. The third-order valence-corrected chi connectivity index (χ3v) is 5.01. The Morgan fingerprint density at radius 3 is 2.65 bits per heavy atom. The number of thiophene rings is 1. The Morgan fingerprint density at radius 1 is 1.13 bits per heavy atom. The molecule has 2 aromatic heterocycles. The van der Waals surface area contributed by atoms with Gasteiger partial charge in [-0.15, -0.1) is 21.5 Å². The molecule has 4 nitrogen and oxygen atoms in total. The lowest BCUT2D eigenvalue weighted by Crippen LogP contribution is -2.85. The molecule has 0 unspecified atom stereocenters. The van der Waals surface area contributed by atoms with Gasteiger partial charge in [0.25, 0.3) is 11.8 Å². The summed E-state index contributed by atoms with van der Waals surface area (Å²) in [6.45, 7) is 4.12. The molecule has 0 spiro atoms. The molecule has 0 saturated heterocycles. The van der Waals surface area contributed by atoms with Gasteiger partial charge in [0.15, 0.2) is 6.04 Å². The first-order valence-corrected chi connectivity index (χ1v) is 8.85. The Bertz CT molecular complexity index is 788. The number of benzene rings is 1. The molecule has 3 rings (SSSR count). The second kappa shape index (κ2) is 7.01. The molecule has 0 saturated carbocycles. The summed E-state index contributed by atoms with van der Waals surface area (Å²) in [5, 5.41) is 13.7. The molecular weight excluding hydrogens is 353 g/mol. The Hall–Kier alpha value is -1.40. The van der Waals surface area contributed by atoms with E-state index >= 15 is 0 Å². The lowest BCUT2D eigenvalue weighted by Gasteiger charge is -2.15. The van der Waals surface area contributed by atoms with E-state index in [0.29, 0.717) is 21.8 Å². The van der Waals surface area contributed by atoms with Gasteiger partial charge in [0, 0.05) is 10.6 Å². The van der Waals surface area contributed by atoms with E-state index in [1.54, 1.807) is 17.4 Å². The highest BCUT2D eigenvalue weighted by atomic mass is 35.5. The maximum absolute atomic E-state index is 6.27. The van der Waals surface area contributed by atoms with E-state index in [0.717, 1.165) is 10.4 Å².